The summed E-state index contributed by atoms with van der Waals surface area (Å²) >= 11 is 0. The molecule has 1 N–H and O–H groups in total. The molecule has 0 saturated carbocycles. The molecule has 144 valence electrons. The van der Waals surface area contributed by atoms with E-state index in [1.807, 2.05) is 6.07 Å². The number of rotatable bonds is 3. The average molecular weight is 389 g/mol. The first-order chi connectivity index (χ1) is 12.8. The molecule has 1 aromatic carbocycles. The summed E-state index contributed by atoms with van der Waals surface area (Å²) in [6.45, 7) is 4.67. The second kappa shape index (κ2) is 6.72. The summed E-state index contributed by atoms with van der Waals surface area (Å²) in [4.78, 5) is 18.1. The van der Waals surface area contributed by atoms with Crippen LogP contribution in [0.15, 0.2) is 23.1 Å². The number of hydrogen-bond acceptors (Lipinski definition) is 5. The Morgan fingerprint density at radius 2 is 2.07 bits per heavy atom. The zero-order valence-corrected chi connectivity index (χ0v) is 16.3. The van der Waals surface area contributed by atoms with Gasteiger partial charge in [0.25, 0.3) is 0 Å². The van der Waals surface area contributed by atoms with Gasteiger partial charge in [0.1, 0.15) is 11.6 Å². The first-order valence-corrected chi connectivity index (χ1v) is 10.7. The highest BCUT2D eigenvalue weighted by atomic mass is 32.2. The Kier molecular flexibility index (Phi) is 4.51. The number of anilines is 1. The van der Waals surface area contributed by atoms with Crippen molar-refractivity contribution in [2.24, 2.45) is 0 Å². The van der Waals surface area contributed by atoms with Gasteiger partial charge in [-0.15, -0.1) is 0 Å². The van der Waals surface area contributed by atoms with Gasteiger partial charge in [-0.05, 0) is 50.3 Å². The van der Waals surface area contributed by atoms with Gasteiger partial charge in [-0.3, -0.25) is 4.79 Å². The Balaban J connectivity index is 1.65. The Morgan fingerprint density at radius 3 is 2.85 bits per heavy atom. The molecule has 0 aliphatic carbocycles. The molecule has 0 bridgehead atoms. The highest BCUT2D eigenvalue weighted by Crippen LogP contribution is 2.31. The van der Waals surface area contributed by atoms with E-state index in [9.17, 15) is 13.2 Å². The molecule has 2 aliphatic rings. The second-order valence-electron chi connectivity index (χ2n) is 7.12. The topological polar surface area (TPSA) is 97.2 Å². The van der Waals surface area contributed by atoms with Crippen molar-refractivity contribution >= 4 is 21.6 Å². The van der Waals surface area contributed by atoms with Gasteiger partial charge in [0.2, 0.25) is 15.9 Å². The fourth-order valence-electron chi connectivity index (χ4n) is 3.88. The zero-order valence-electron chi connectivity index (χ0n) is 15.5. The molecule has 1 aromatic heterocycles. The van der Waals surface area contributed by atoms with Gasteiger partial charge in [-0.1, -0.05) is 6.07 Å². The number of aromatic nitrogens is 3. The Bertz CT molecular complexity index is 998. The van der Waals surface area contributed by atoms with E-state index in [4.69, 9.17) is 0 Å². The van der Waals surface area contributed by atoms with Gasteiger partial charge in [0, 0.05) is 25.7 Å². The molecule has 3 heterocycles. The van der Waals surface area contributed by atoms with Crippen LogP contribution < -0.4 is 9.62 Å². The SMILES string of the molecule is CC(=O)N1CCCc2ccc(S(=O)(=O)NC3CCCn4nc(C)nc43)cc21. The molecule has 0 fully saturated rings. The number of fused-ring (bicyclic) bond motifs is 2. The van der Waals surface area contributed by atoms with Gasteiger partial charge in [0.05, 0.1) is 10.9 Å². The van der Waals surface area contributed by atoms with Crippen LogP contribution in [0, 0.1) is 6.92 Å². The number of sulfonamides is 1. The van der Waals surface area contributed by atoms with Crippen molar-refractivity contribution in [3.8, 4) is 0 Å². The molecule has 0 saturated heterocycles. The normalized spacial score (nSPS) is 19.5. The van der Waals surface area contributed by atoms with Crippen LogP contribution in [-0.4, -0.2) is 35.6 Å². The Labute approximate surface area is 158 Å². The van der Waals surface area contributed by atoms with E-state index in [0.717, 1.165) is 31.4 Å². The van der Waals surface area contributed by atoms with Crippen molar-refractivity contribution in [2.45, 2.75) is 57.0 Å². The predicted molar refractivity (Wildman–Crippen MR) is 99.8 cm³/mol. The minimum atomic E-state index is -3.75. The van der Waals surface area contributed by atoms with Crippen LogP contribution in [-0.2, 0) is 27.8 Å². The number of hydrogen-bond donors (Lipinski definition) is 1. The average Bonchev–Trinajstić information content (AvgIpc) is 3.01. The number of aryl methyl sites for hydroxylation is 3. The largest absolute Gasteiger partial charge is 0.312 e. The number of carbonyl (C=O) groups excluding carboxylic acids is 1. The fraction of sp³-hybridized carbons (Fsp3) is 0.500. The van der Waals surface area contributed by atoms with Crippen LogP contribution in [0.1, 0.15) is 49.4 Å². The van der Waals surface area contributed by atoms with Gasteiger partial charge in [-0.25, -0.2) is 22.8 Å². The molecule has 9 heteroatoms. The molecule has 4 rings (SSSR count). The van der Waals surface area contributed by atoms with Gasteiger partial charge in [0.15, 0.2) is 0 Å². The van der Waals surface area contributed by atoms with Gasteiger partial charge < -0.3 is 4.90 Å². The molecule has 2 aromatic rings. The van der Waals surface area contributed by atoms with Crippen molar-refractivity contribution in [1.82, 2.24) is 19.5 Å². The summed E-state index contributed by atoms with van der Waals surface area (Å²) in [7, 11) is -3.75. The molecule has 1 atom stereocenters. The number of nitrogens with one attached hydrogen (secondary N) is 1. The zero-order chi connectivity index (χ0) is 19.2. The monoisotopic (exact) mass is 389 g/mol. The Morgan fingerprint density at radius 1 is 1.26 bits per heavy atom. The summed E-state index contributed by atoms with van der Waals surface area (Å²) in [5.74, 6) is 1.22. The number of benzene rings is 1. The van der Waals surface area contributed by atoms with E-state index in [1.54, 1.807) is 28.6 Å². The maximum atomic E-state index is 13.0. The lowest BCUT2D eigenvalue weighted by Gasteiger charge is -2.29. The van der Waals surface area contributed by atoms with E-state index >= 15 is 0 Å². The van der Waals surface area contributed by atoms with Gasteiger partial charge >= 0.3 is 0 Å². The van der Waals surface area contributed by atoms with Crippen LogP contribution in [0.2, 0.25) is 0 Å². The molecular formula is C18H23N5O3S. The third kappa shape index (κ3) is 3.37. The third-order valence-electron chi connectivity index (χ3n) is 5.14. The van der Waals surface area contributed by atoms with Crippen molar-refractivity contribution in [3.63, 3.8) is 0 Å². The number of nitrogens with zero attached hydrogens (tertiary/aromatic N) is 4. The van der Waals surface area contributed by atoms with Crippen molar-refractivity contribution < 1.29 is 13.2 Å². The van der Waals surface area contributed by atoms with Crippen LogP contribution in [0.4, 0.5) is 5.69 Å². The van der Waals surface area contributed by atoms with Crippen LogP contribution in [0.25, 0.3) is 0 Å². The van der Waals surface area contributed by atoms with Gasteiger partial charge in [-0.2, -0.15) is 5.10 Å². The van der Waals surface area contributed by atoms with E-state index in [1.165, 1.54) is 6.92 Å². The maximum absolute atomic E-state index is 13.0. The van der Waals surface area contributed by atoms with E-state index in [0.29, 0.717) is 30.3 Å². The summed E-state index contributed by atoms with van der Waals surface area (Å²) in [5, 5.41) is 4.32. The summed E-state index contributed by atoms with van der Waals surface area (Å²) in [6.07, 6.45) is 3.25. The summed E-state index contributed by atoms with van der Waals surface area (Å²) in [5.41, 5.74) is 1.70. The lowest BCUT2D eigenvalue weighted by molar-refractivity contribution is -0.116. The maximum Gasteiger partial charge on any atom is 0.241 e. The highest BCUT2D eigenvalue weighted by Gasteiger charge is 2.30. The van der Waals surface area contributed by atoms with E-state index < -0.39 is 16.1 Å². The first kappa shape index (κ1) is 18.1. The molecule has 27 heavy (non-hydrogen) atoms. The lowest BCUT2D eigenvalue weighted by atomic mass is 10.0. The first-order valence-electron chi connectivity index (χ1n) is 9.20. The predicted octanol–water partition coefficient (Wildman–Crippen LogP) is 1.70. The standard InChI is InChI=1S/C18H23N5O3S/c1-12-19-18-16(6-4-10-23(18)20-12)21-27(25,26)15-8-7-14-5-3-9-22(13(2)24)17(14)11-15/h7-8,11,16,21H,3-6,9-10H2,1-2H3. The summed E-state index contributed by atoms with van der Waals surface area (Å²) in [6, 6.07) is 4.64. The minimum absolute atomic E-state index is 0.0747. The molecule has 8 nitrogen and oxygen atoms in total. The van der Waals surface area contributed by atoms with Crippen LogP contribution in [0.3, 0.4) is 0 Å². The quantitative estimate of drug-likeness (QED) is 0.862. The molecule has 0 radical (unpaired) electrons. The Hall–Kier alpha value is -2.26. The van der Waals surface area contributed by atoms with Crippen LogP contribution in [0.5, 0.6) is 0 Å². The molecular weight excluding hydrogens is 366 g/mol. The molecule has 0 spiro atoms. The van der Waals surface area contributed by atoms with Crippen molar-refractivity contribution in [1.29, 1.82) is 0 Å². The van der Waals surface area contributed by atoms with E-state index in [2.05, 4.69) is 14.8 Å². The summed E-state index contributed by atoms with van der Waals surface area (Å²) < 4.78 is 30.6. The number of amides is 1. The molecule has 1 unspecified atom stereocenters. The molecule has 1 amide bonds. The highest BCUT2D eigenvalue weighted by molar-refractivity contribution is 7.89. The fourth-order valence-corrected chi connectivity index (χ4v) is 5.13. The second-order valence-corrected chi connectivity index (χ2v) is 8.84. The number of carbonyl (C=O) groups is 1. The smallest absolute Gasteiger partial charge is 0.241 e. The van der Waals surface area contributed by atoms with E-state index in [-0.39, 0.29) is 10.8 Å². The third-order valence-corrected chi connectivity index (χ3v) is 6.61. The lowest BCUT2D eigenvalue weighted by Crippen LogP contribution is -2.35. The molecule has 2 aliphatic heterocycles. The minimum Gasteiger partial charge on any atom is -0.312 e. The van der Waals surface area contributed by atoms with Crippen LogP contribution >= 0.6 is 0 Å². The van der Waals surface area contributed by atoms with Crippen molar-refractivity contribution in [3.05, 3.63) is 35.4 Å². The van der Waals surface area contributed by atoms with Crippen molar-refractivity contribution in [2.75, 3.05) is 11.4 Å².